The molecule has 106 valence electrons. The van der Waals surface area contributed by atoms with E-state index in [-0.39, 0.29) is 11.6 Å². The number of rotatable bonds is 3. The van der Waals surface area contributed by atoms with Crippen LogP contribution in [0.4, 0.5) is 4.39 Å². The quantitative estimate of drug-likeness (QED) is 0.936. The number of carboxylic acid groups (broad SMARTS) is 1. The van der Waals surface area contributed by atoms with Crippen LogP contribution in [0.3, 0.4) is 0 Å². The number of furan rings is 1. The van der Waals surface area contributed by atoms with Crippen LogP contribution in [0.5, 0.6) is 0 Å². The summed E-state index contributed by atoms with van der Waals surface area (Å²) >= 11 is 0. The molecule has 1 saturated heterocycles. The van der Waals surface area contributed by atoms with Crippen molar-refractivity contribution in [2.24, 2.45) is 0 Å². The number of benzene rings is 1. The lowest BCUT2D eigenvalue weighted by atomic mass is 10.1. The van der Waals surface area contributed by atoms with E-state index >= 15 is 0 Å². The van der Waals surface area contributed by atoms with Crippen LogP contribution in [0.2, 0.25) is 0 Å². The molecule has 0 radical (unpaired) electrons. The van der Waals surface area contributed by atoms with Crippen molar-refractivity contribution in [3.8, 4) is 0 Å². The molecule has 2 heterocycles. The van der Waals surface area contributed by atoms with Gasteiger partial charge in [-0.15, -0.1) is 0 Å². The number of fused-ring (bicyclic) bond motifs is 1. The first kappa shape index (κ1) is 13.1. The van der Waals surface area contributed by atoms with Gasteiger partial charge in [0.15, 0.2) is 0 Å². The fourth-order valence-electron chi connectivity index (χ4n) is 2.85. The molecule has 3 rings (SSSR count). The number of carboxylic acids is 1. The second-order valence-corrected chi connectivity index (χ2v) is 5.29. The second kappa shape index (κ2) is 4.90. The Labute approximate surface area is 115 Å². The average molecular weight is 277 g/mol. The van der Waals surface area contributed by atoms with Gasteiger partial charge >= 0.3 is 5.97 Å². The van der Waals surface area contributed by atoms with E-state index in [4.69, 9.17) is 9.52 Å². The number of hydrogen-bond acceptors (Lipinski definition) is 3. The van der Waals surface area contributed by atoms with E-state index in [1.807, 2.05) is 0 Å². The van der Waals surface area contributed by atoms with E-state index in [0.717, 1.165) is 31.5 Å². The monoisotopic (exact) mass is 277 g/mol. The van der Waals surface area contributed by atoms with Gasteiger partial charge in [-0.05, 0) is 45.0 Å². The molecule has 20 heavy (non-hydrogen) atoms. The topological polar surface area (TPSA) is 53.7 Å². The number of carbonyl (C=O) groups is 1. The van der Waals surface area contributed by atoms with Crippen LogP contribution in [0.1, 0.15) is 34.5 Å². The molecule has 0 atom stereocenters. The standard InChI is InChI=1S/C15H16FNO3/c1-9-12-7-11(16)6-10(8-17-4-2-3-5-17)14(12)20-13(9)15(18)19/h6-7H,2-5,8H2,1H3,(H,18,19). The molecule has 0 unspecified atom stereocenters. The normalized spacial score (nSPS) is 16.1. The molecule has 0 aliphatic carbocycles. The minimum atomic E-state index is -1.12. The van der Waals surface area contributed by atoms with Crippen molar-refractivity contribution in [3.63, 3.8) is 0 Å². The molecule has 0 amide bonds. The van der Waals surface area contributed by atoms with E-state index in [9.17, 15) is 9.18 Å². The van der Waals surface area contributed by atoms with Crippen molar-refractivity contribution >= 4 is 16.9 Å². The minimum absolute atomic E-state index is 0.103. The highest BCUT2D eigenvalue weighted by Crippen LogP contribution is 2.30. The van der Waals surface area contributed by atoms with E-state index in [0.29, 0.717) is 23.1 Å². The summed E-state index contributed by atoms with van der Waals surface area (Å²) < 4.78 is 19.2. The van der Waals surface area contributed by atoms with Crippen LogP contribution in [-0.4, -0.2) is 29.1 Å². The lowest BCUT2D eigenvalue weighted by molar-refractivity contribution is 0.0664. The summed E-state index contributed by atoms with van der Waals surface area (Å²) in [5.41, 5.74) is 1.69. The Morgan fingerprint density at radius 1 is 1.40 bits per heavy atom. The Hall–Kier alpha value is -1.88. The molecule has 1 aromatic carbocycles. The summed E-state index contributed by atoms with van der Waals surface area (Å²) in [4.78, 5) is 13.4. The number of hydrogen-bond donors (Lipinski definition) is 1. The number of aryl methyl sites for hydroxylation is 1. The summed E-state index contributed by atoms with van der Waals surface area (Å²) in [5.74, 6) is -1.58. The predicted octanol–water partition coefficient (Wildman–Crippen LogP) is 3.17. The highest BCUT2D eigenvalue weighted by molar-refractivity contribution is 5.95. The summed E-state index contributed by atoms with van der Waals surface area (Å²) in [6.45, 7) is 4.22. The third kappa shape index (κ3) is 2.18. The zero-order chi connectivity index (χ0) is 14.3. The Morgan fingerprint density at radius 3 is 2.75 bits per heavy atom. The molecule has 2 aromatic rings. The zero-order valence-corrected chi connectivity index (χ0v) is 11.3. The molecule has 0 spiro atoms. The third-order valence-corrected chi connectivity index (χ3v) is 3.87. The van der Waals surface area contributed by atoms with Crippen molar-refractivity contribution < 1.29 is 18.7 Å². The smallest absolute Gasteiger partial charge is 0.372 e. The maximum atomic E-state index is 13.8. The van der Waals surface area contributed by atoms with Gasteiger partial charge in [0.1, 0.15) is 11.4 Å². The minimum Gasteiger partial charge on any atom is -0.475 e. The molecular weight excluding hydrogens is 261 g/mol. The fourth-order valence-corrected chi connectivity index (χ4v) is 2.85. The van der Waals surface area contributed by atoms with Crippen LogP contribution in [0.15, 0.2) is 16.5 Å². The molecule has 1 fully saturated rings. The van der Waals surface area contributed by atoms with Gasteiger partial charge in [0.05, 0.1) is 0 Å². The van der Waals surface area contributed by atoms with Crippen LogP contribution >= 0.6 is 0 Å². The van der Waals surface area contributed by atoms with Gasteiger partial charge in [-0.3, -0.25) is 4.90 Å². The average Bonchev–Trinajstić information content (AvgIpc) is 2.98. The first-order valence-electron chi connectivity index (χ1n) is 6.73. The molecule has 1 N–H and O–H groups in total. The van der Waals surface area contributed by atoms with Gasteiger partial charge in [0.25, 0.3) is 0 Å². The van der Waals surface area contributed by atoms with Crippen LogP contribution < -0.4 is 0 Å². The Balaban J connectivity index is 2.10. The van der Waals surface area contributed by atoms with E-state index in [1.54, 1.807) is 6.92 Å². The second-order valence-electron chi connectivity index (χ2n) is 5.29. The molecule has 1 aliphatic rings. The Morgan fingerprint density at radius 2 is 2.10 bits per heavy atom. The summed E-state index contributed by atoms with van der Waals surface area (Å²) in [6, 6.07) is 2.78. The van der Waals surface area contributed by atoms with E-state index < -0.39 is 5.97 Å². The molecule has 1 aromatic heterocycles. The van der Waals surface area contributed by atoms with Gasteiger partial charge in [-0.1, -0.05) is 0 Å². The molecular formula is C15H16FNO3. The summed E-state index contributed by atoms with van der Waals surface area (Å²) in [5, 5.41) is 9.67. The molecule has 5 heteroatoms. The van der Waals surface area contributed by atoms with Gasteiger partial charge < -0.3 is 9.52 Å². The first-order valence-corrected chi connectivity index (χ1v) is 6.73. The van der Waals surface area contributed by atoms with Crippen molar-refractivity contribution in [2.45, 2.75) is 26.3 Å². The number of halogens is 1. The van der Waals surface area contributed by atoms with E-state index in [1.165, 1.54) is 12.1 Å². The van der Waals surface area contributed by atoms with E-state index in [2.05, 4.69) is 4.90 Å². The van der Waals surface area contributed by atoms with Crippen molar-refractivity contribution in [1.82, 2.24) is 4.90 Å². The fraction of sp³-hybridized carbons (Fsp3) is 0.400. The number of nitrogens with zero attached hydrogens (tertiary/aromatic N) is 1. The summed E-state index contributed by atoms with van der Waals surface area (Å²) in [6.07, 6.45) is 2.30. The molecule has 0 bridgehead atoms. The number of likely N-dealkylation sites (tertiary alicyclic amines) is 1. The Kier molecular flexibility index (Phi) is 3.22. The molecule has 0 saturated carbocycles. The van der Waals surface area contributed by atoms with Gasteiger partial charge in [-0.2, -0.15) is 0 Å². The maximum absolute atomic E-state index is 13.8. The first-order chi connectivity index (χ1) is 9.56. The molecule has 4 nitrogen and oxygen atoms in total. The predicted molar refractivity (Wildman–Crippen MR) is 72.4 cm³/mol. The zero-order valence-electron chi connectivity index (χ0n) is 11.3. The van der Waals surface area contributed by atoms with Crippen molar-refractivity contribution in [3.05, 3.63) is 34.8 Å². The van der Waals surface area contributed by atoms with Gasteiger partial charge in [-0.25, -0.2) is 9.18 Å². The van der Waals surface area contributed by atoms with Crippen LogP contribution in [-0.2, 0) is 6.54 Å². The highest BCUT2D eigenvalue weighted by Gasteiger charge is 2.21. The highest BCUT2D eigenvalue weighted by atomic mass is 19.1. The number of aromatic carboxylic acids is 1. The van der Waals surface area contributed by atoms with Gasteiger partial charge in [0.2, 0.25) is 5.76 Å². The van der Waals surface area contributed by atoms with Gasteiger partial charge in [0, 0.05) is 23.1 Å². The van der Waals surface area contributed by atoms with Crippen LogP contribution in [0, 0.1) is 12.7 Å². The summed E-state index contributed by atoms with van der Waals surface area (Å²) in [7, 11) is 0. The van der Waals surface area contributed by atoms with Crippen molar-refractivity contribution in [2.75, 3.05) is 13.1 Å². The maximum Gasteiger partial charge on any atom is 0.372 e. The lowest BCUT2D eigenvalue weighted by Gasteiger charge is -2.14. The molecule has 1 aliphatic heterocycles. The SMILES string of the molecule is Cc1c(C(=O)O)oc2c(CN3CCCC3)cc(F)cc12. The largest absolute Gasteiger partial charge is 0.475 e. The Bertz CT molecular complexity index is 671. The lowest BCUT2D eigenvalue weighted by Crippen LogP contribution is -2.18. The van der Waals surface area contributed by atoms with Crippen molar-refractivity contribution in [1.29, 1.82) is 0 Å². The third-order valence-electron chi connectivity index (χ3n) is 3.87. The van der Waals surface area contributed by atoms with Crippen LogP contribution in [0.25, 0.3) is 11.0 Å².